The smallest absolute Gasteiger partial charge is 0.348 e. The van der Waals surface area contributed by atoms with E-state index in [0.29, 0.717) is 16.5 Å². The summed E-state index contributed by atoms with van der Waals surface area (Å²) in [6, 6.07) is 16.4. The zero-order valence-electron chi connectivity index (χ0n) is 13.6. The quantitative estimate of drug-likeness (QED) is 0.216. The van der Waals surface area contributed by atoms with Crippen molar-refractivity contribution in [2.24, 2.45) is 0 Å². The SMILES string of the molecule is CSc1ncc(C(=O)Oc2ccc(-c3ccc(C#N)cc3)cc2)c(Cl)n1. The van der Waals surface area contributed by atoms with Crippen LogP contribution in [-0.4, -0.2) is 22.2 Å². The summed E-state index contributed by atoms with van der Waals surface area (Å²) < 4.78 is 5.33. The van der Waals surface area contributed by atoms with E-state index in [9.17, 15) is 4.79 Å². The maximum Gasteiger partial charge on any atom is 0.348 e. The van der Waals surface area contributed by atoms with Gasteiger partial charge in [0.15, 0.2) is 5.16 Å². The molecule has 0 amide bonds. The van der Waals surface area contributed by atoms with Gasteiger partial charge in [-0.2, -0.15) is 5.26 Å². The molecule has 1 heterocycles. The van der Waals surface area contributed by atoms with E-state index in [1.807, 2.05) is 30.5 Å². The Kier molecular flexibility index (Phi) is 5.52. The third kappa shape index (κ3) is 4.02. The van der Waals surface area contributed by atoms with Gasteiger partial charge in [-0.05, 0) is 41.6 Å². The second kappa shape index (κ2) is 8.00. The molecule has 26 heavy (non-hydrogen) atoms. The van der Waals surface area contributed by atoms with E-state index < -0.39 is 5.97 Å². The molecule has 0 spiro atoms. The van der Waals surface area contributed by atoms with Gasteiger partial charge in [0, 0.05) is 6.20 Å². The maximum atomic E-state index is 12.2. The highest BCUT2D eigenvalue weighted by Gasteiger charge is 2.15. The molecule has 0 atom stereocenters. The van der Waals surface area contributed by atoms with Gasteiger partial charge in [0.2, 0.25) is 0 Å². The fraction of sp³-hybridized carbons (Fsp3) is 0.0526. The van der Waals surface area contributed by atoms with Crippen molar-refractivity contribution in [3.8, 4) is 22.9 Å². The van der Waals surface area contributed by atoms with Crippen molar-refractivity contribution >= 4 is 29.3 Å². The summed E-state index contributed by atoms with van der Waals surface area (Å²) in [7, 11) is 0. The van der Waals surface area contributed by atoms with Crippen LogP contribution in [-0.2, 0) is 0 Å². The number of aromatic nitrogens is 2. The van der Waals surface area contributed by atoms with Crippen LogP contribution >= 0.6 is 23.4 Å². The van der Waals surface area contributed by atoms with Crippen molar-refractivity contribution < 1.29 is 9.53 Å². The number of rotatable bonds is 4. The molecule has 3 aromatic rings. The number of hydrogen-bond acceptors (Lipinski definition) is 6. The number of nitrogens with zero attached hydrogens (tertiary/aromatic N) is 3. The van der Waals surface area contributed by atoms with Crippen LogP contribution < -0.4 is 4.74 Å². The number of esters is 1. The minimum absolute atomic E-state index is 0.0588. The predicted molar refractivity (Wildman–Crippen MR) is 100 cm³/mol. The molecule has 7 heteroatoms. The second-order valence-electron chi connectivity index (χ2n) is 5.16. The monoisotopic (exact) mass is 381 g/mol. The number of halogens is 1. The Morgan fingerprint density at radius 1 is 1.12 bits per heavy atom. The zero-order chi connectivity index (χ0) is 18.5. The van der Waals surface area contributed by atoms with Crippen LogP contribution in [0.5, 0.6) is 5.75 Å². The molecule has 128 valence electrons. The third-order valence-corrected chi connectivity index (χ3v) is 4.38. The molecular weight excluding hydrogens is 370 g/mol. The fourth-order valence-corrected chi connectivity index (χ4v) is 2.79. The van der Waals surface area contributed by atoms with Crippen molar-refractivity contribution in [3.05, 3.63) is 71.0 Å². The lowest BCUT2D eigenvalue weighted by Crippen LogP contribution is -2.10. The second-order valence-corrected chi connectivity index (χ2v) is 6.30. The summed E-state index contributed by atoms with van der Waals surface area (Å²) in [6.07, 6.45) is 3.17. The molecule has 0 fully saturated rings. The van der Waals surface area contributed by atoms with Crippen molar-refractivity contribution in [2.75, 3.05) is 6.26 Å². The summed E-state index contributed by atoms with van der Waals surface area (Å²) >= 11 is 7.34. The van der Waals surface area contributed by atoms with Gasteiger partial charge >= 0.3 is 5.97 Å². The molecule has 0 unspecified atom stereocenters. The minimum Gasteiger partial charge on any atom is -0.423 e. The number of carbonyl (C=O) groups is 1. The Bertz CT molecular complexity index is 983. The summed E-state index contributed by atoms with van der Waals surface area (Å²) in [5.41, 5.74) is 2.62. The average Bonchev–Trinajstić information content (AvgIpc) is 2.68. The summed E-state index contributed by atoms with van der Waals surface area (Å²) in [5, 5.41) is 9.39. The number of nitriles is 1. The van der Waals surface area contributed by atoms with Gasteiger partial charge in [0.25, 0.3) is 0 Å². The topological polar surface area (TPSA) is 75.9 Å². The Balaban J connectivity index is 1.74. The van der Waals surface area contributed by atoms with E-state index in [0.717, 1.165) is 11.1 Å². The average molecular weight is 382 g/mol. The lowest BCUT2D eigenvalue weighted by Gasteiger charge is -2.07. The Morgan fingerprint density at radius 3 is 2.27 bits per heavy atom. The summed E-state index contributed by atoms with van der Waals surface area (Å²) in [5.74, 6) is -0.230. The first kappa shape index (κ1) is 17.9. The lowest BCUT2D eigenvalue weighted by atomic mass is 10.0. The Hall–Kier alpha value is -2.88. The van der Waals surface area contributed by atoms with Gasteiger partial charge in [-0.25, -0.2) is 14.8 Å². The van der Waals surface area contributed by atoms with E-state index in [4.69, 9.17) is 21.6 Å². The van der Waals surface area contributed by atoms with E-state index in [2.05, 4.69) is 16.0 Å². The molecule has 0 bridgehead atoms. The van der Waals surface area contributed by atoms with Gasteiger partial charge in [-0.1, -0.05) is 47.6 Å². The van der Waals surface area contributed by atoms with Crippen molar-refractivity contribution in [1.82, 2.24) is 9.97 Å². The van der Waals surface area contributed by atoms with Crippen molar-refractivity contribution in [2.45, 2.75) is 5.16 Å². The highest BCUT2D eigenvalue weighted by molar-refractivity contribution is 7.98. The van der Waals surface area contributed by atoms with Gasteiger partial charge in [-0.15, -0.1) is 0 Å². The van der Waals surface area contributed by atoms with Crippen LogP contribution in [0.1, 0.15) is 15.9 Å². The lowest BCUT2D eigenvalue weighted by molar-refractivity contribution is 0.0734. The molecule has 1 aromatic heterocycles. The number of benzene rings is 2. The number of thioether (sulfide) groups is 1. The van der Waals surface area contributed by atoms with E-state index in [1.54, 1.807) is 24.3 Å². The standard InChI is InChI=1S/C19H12ClN3O2S/c1-26-19-22-11-16(17(20)23-19)18(24)25-15-8-6-14(7-9-15)13-4-2-12(10-21)3-5-13/h2-9,11H,1H3. The molecule has 0 aliphatic rings. The molecular formula is C19H12ClN3O2S. The van der Waals surface area contributed by atoms with E-state index in [-0.39, 0.29) is 10.7 Å². The first-order chi connectivity index (χ1) is 12.6. The fourth-order valence-electron chi connectivity index (χ4n) is 2.20. The number of hydrogen-bond donors (Lipinski definition) is 0. The largest absolute Gasteiger partial charge is 0.423 e. The van der Waals surface area contributed by atoms with Crippen LogP contribution in [0.25, 0.3) is 11.1 Å². The normalized spacial score (nSPS) is 10.2. The number of carbonyl (C=O) groups excluding carboxylic acids is 1. The van der Waals surface area contributed by atoms with Crippen LogP contribution in [0, 0.1) is 11.3 Å². The van der Waals surface area contributed by atoms with Crippen molar-refractivity contribution in [3.63, 3.8) is 0 Å². The molecule has 0 N–H and O–H groups in total. The summed E-state index contributed by atoms with van der Waals surface area (Å²) in [4.78, 5) is 20.3. The molecule has 0 radical (unpaired) electrons. The zero-order valence-corrected chi connectivity index (χ0v) is 15.2. The molecule has 0 saturated carbocycles. The Morgan fingerprint density at radius 2 is 1.73 bits per heavy atom. The number of ether oxygens (including phenoxy) is 1. The van der Waals surface area contributed by atoms with Crippen LogP contribution in [0.15, 0.2) is 59.9 Å². The molecule has 0 aliphatic carbocycles. The van der Waals surface area contributed by atoms with Crippen LogP contribution in [0.3, 0.4) is 0 Å². The highest BCUT2D eigenvalue weighted by atomic mass is 35.5. The summed E-state index contributed by atoms with van der Waals surface area (Å²) in [6.45, 7) is 0. The first-order valence-corrected chi connectivity index (χ1v) is 9.10. The van der Waals surface area contributed by atoms with Gasteiger partial charge in [0.05, 0.1) is 11.6 Å². The van der Waals surface area contributed by atoms with Crippen LogP contribution in [0.4, 0.5) is 0 Å². The third-order valence-electron chi connectivity index (χ3n) is 3.53. The molecule has 3 rings (SSSR count). The molecule has 2 aromatic carbocycles. The van der Waals surface area contributed by atoms with E-state index >= 15 is 0 Å². The van der Waals surface area contributed by atoms with Crippen LogP contribution in [0.2, 0.25) is 5.15 Å². The van der Waals surface area contributed by atoms with Gasteiger partial charge in [-0.3, -0.25) is 0 Å². The van der Waals surface area contributed by atoms with E-state index in [1.165, 1.54) is 18.0 Å². The minimum atomic E-state index is -0.617. The van der Waals surface area contributed by atoms with Gasteiger partial charge in [0.1, 0.15) is 16.5 Å². The highest BCUT2D eigenvalue weighted by Crippen LogP contribution is 2.24. The molecule has 0 aliphatic heterocycles. The maximum absolute atomic E-state index is 12.2. The molecule has 5 nitrogen and oxygen atoms in total. The predicted octanol–water partition coefficient (Wildman–Crippen LogP) is 4.61. The first-order valence-electron chi connectivity index (χ1n) is 7.50. The Labute approximate surface area is 159 Å². The molecule has 0 saturated heterocycles. The van der Waals surface area contributed by atoms with Crippen molar-refractivity contribution in [1.29, 1.82) is 5.26 Å². The van der Waals surface area contributed by atoms with Gasteiger partial charge < -0.3 is 4.74 Å².